The summed E-state index contributed by atoms with van der Waals surface area (Å²) in [5, 5.41) is 8.12. The normalized spacial score (nSPS) is 14.8. The zero-order chi connectivity index (χ0) is 18.2. The Bertz CT molecular complexity index is 718. The number of rotatable bonds is 10. The summed E-state index contributed by atoms with van der Waals surface area (Å²) in [5.74, 6) is 1.73. The third kappa shape index (κ3) is 5.49. The average molecular weight is 357 g/mol. The highest BCUT2D eigenvalue weighted by Crippen LogP contribution is 2.28. The van der Waals surface area contributed by atoms with E-state index < -0.39 is 0 Å². The van der Waals surface area contributed by atoms with Crippen LogP contribution in [0.25, 0.3) is 10.9 Å². The van der Waals surface area contributed by atoms with E-state index in [0.29, 0.717) is 0 Å². The predicted octanol–water partition coefficient (Wildman–Crippen LogP) is 3.39. The van der Waals surface area contributed by atoms with E-state index in [9.17, 15) is 0 Å². The van der Waals surface area contributed by atoms with Crippen LogP contribution in [0.1, 0.15) is 37.3 Å². The largest absolute Gasteiger partial charge is 0.381 e. The molecule has 0 amide bonds. The zero-order valence-electron chi connectivity index (χ0n) is 16.1. The van der Waals surface area contributed by atoms with E-state index in [1.807, 2.05) is 0 Å². The number of nitrogens with one attached hydrogen (secondary N) is 3. The number of fused-ring (bicyclic) bond motifs is 1. The van der Waals surface area contributed by atoms with Crippen LogP contribution >= 0.6 is 0 Å². The van der Waals surface area contributed by atoms with Gasteiger partial charge in [0.1, 0.15) is 0 Å². The summed E-state index contributed by atoms with van der Waals surface area (Å²) < 4.78 is 5.67. The Kier molecular flexibility index (Phi) is 6.95. The summed E-state index contributed by atoms with van der Waals surface area (Å²) in [7, 11) is 0. The quantitative estimate of drug-likeness (QED) is 0.347. The molecular formula is C21H32N4O. The molecule has 0 unspecified atom stereocenters. The number of guanidine groups is 1. The standard InChI is InChI=1S/C21H32N4O/c1-3-22-21(23-11-5-13-26-15-17-8-9-17)24-12-10-18-14-25-19-7-4-6-16(2)20(18)19/h4,6-7,14,17,25H,3,5,8-13,15H2,1-2H3,(H2,22,23,24). The Hall–Kier alpha value is -2.01. The first kappa shape index (κ1) is 18.8. The number of hydrogen-bond donors (Lipinski definition) is 3. The summed E-state index contributed by atoms with van der Waals surface area (Å²) in [6, 6.07) is 6.40. The lowest BCUT2D eigenvalue weighted by Gasteiger charge is -2.11. The molecule has 5 heteroatoms. The first-order valence-electron chi connectivity index (χ1n) is 9.93. The topological polar surface area (TPSA) is 61.4 Å². The highest BCUT2D eigenvalue weighted by molar-refractivity contribution is 5.86. The fourth-order valence-corrected chi connectivity index (χ4v) is 3.20. The smallest absolute Gasteiger partial charge is 0.191 e. The molecule has 1 aromatic heterocycles. The van der Waals surface area contributed by atoms with Gasteiger partial charge in [0, 0.05) is 49.9 Å². The van der Waals surface area contributed by atoms with Crippen LogP contribution in [0.5, 0.6) is 0 Å². The van der Waals surface area contributed by atoms with Crippen molar-refractivity contribution in [3.63, 3.8) is 0 Å². The molecule has 2 aromatic rings. The van der Waals surface area contributed by atoms with Gasteiger partial charge in [-0.2, -0.15) is 0 Å². The van der Waals surface area contributed by atoms with Crippen molar-refractivity contribution >= 4 is 16.9 Å². The monoisotopic (exact) mass is 356 g/mol. The second kappa shape index (κ2) is 9.62. The van der Waals surface area contributed by atoms with Crippen molar-refractivity contribution in [3.8, 4) is 0 Å². The van der Waals surface area contributed by atoms with Crippen molar-refractivity contribution in [2.24, 2.45) is 10.9 Å². The third-order valence-electron chi connectivity index (χ3n) is 4.79. The van der Waals surface area contributed by atoms with E-state index in [4.69, 9.17) is 4.74 Å². The Morgan fingerprint density at radius 3 is 3.00 bits per heavy atom. The fraction of sp³-hybridized carbons (Fsp3) is 0.571. The third-order valence-corrected chi connectivity index (χ3v) is 4.79. The van der Waals surface area contributed by atoms with Crippen molar-refractivity contribution in [1.29, 1.82) is 0 Å². The van der Waals surface area contributed by atoms with Crippen molar-refractivity contribution in [3.05, 3.63) is 35.5 Å². The minimum atomic E-state index is 0.798. The molecule has 1 fully saturated rings. The molecule has 1 aromatic carbocycles. The van der Waals surface area contributed by atoms with Crippen molar-refractivity contribution in [2.75, 3.05) is 32.8 Å². The van der Waals surface area contributed by atoms with E-state index in [0.717, 1.165) is 57.6 Å². The van der Waals surface area contributed by atoms with Crippen LogP contribution in [0.4, 0.5) is 0 Å². The lowest BCUT2D eigenvalue weighted by Crippen LogP contribution is -2.38. The molecule has 3 rings (SSSR count). The van der Waals surface area contributed by atoms with Gasteiger partial charge in [-0.25, -0.2) is 0 Å². The highest BCUT2D eigenvalue weighted by Gasteiger charge is 2.20. The lowest BCUT2D eigenvalue weighted by molar-refractivity contribution is 0.123. The van der Waals surface area contributed by atoms with Gasteiger partial charge in [0.05, 0.1) is 0 Å². The van der Waals surface area contributed by atoms with Gasteiger partial charge in [0.25, 0.3) is 0 Å². The number of nitrogens with zero attached hydrogens (tertiary/aromatic N) is 1. The minimum Gasteiger partial charge on any atom is -0.381 e. The molecular weight excluding hydrogens is 324 g/mol. The molecule has 1 saturated carbocycles. The molecule has 0 bridgehead atoms. The van der Waals surface area contributed by atoms with Gasteiger partial charge in [-0.05, 0) is 62.6 Å². The Morgan fingerprint density at radius 1 is 1.31 bits per heavy atom. The second-order valence-electron chi connectivity index (χ2n) is 7.12. The van der Waals surface area contributed by atoms with Crippen LogP contribution in [0.3, 0.4) is 0 Å². The van der Waals surface area contributed by atoms with Crippen molar-refractivity contribution in [1.82, 2.24) is 15.6 Å². The zero-order valence-corrected chi connectivity index (χ0v) is 16.1. The molecule has 1 aliphatic carbocycles. The minimum absolute atomic E-state index is 0.798. The average Bonchev–Trinajstić information content (AvgIpc) is 3.37. The summed E-state index contributed by atoms with van der Waals surface area (Å²) in [5.41, 5.74) is 3.90. The first-order chi connectivity index (χ1) is 12.8. The highest BCUT2D eigenvalue weighted by atomic mass is 16.5. The number of benzene rings is 1. The molecule has 0 saturated heterocycles. The second-order valence-corrected chi connectivity index (χ2v) is 7.12. The van der Waals surface area contributed by atoms with Crippen LogP contribution in [-0.2, 0) is 11.2 Å². The van der Waals surface area contributed by atoms with Crippen LogP contribution in [0, 0.1) is 12.8 Å². The lowest BCUT2D eigenvalue weighted by atomic mass is 10.1. The van der Waals surface area contributed by atoms with Gasteiger partial charge < -0.3 is 20.4 Å². The molecule has 26 heavy (non-hydrogen) atoms. The SMILES string of the molecule is CCNC(=NCCCOCC1CC1)NCCc1c[nH]c2cccc(C)c12. The van der Waals surface area contributed by atoms with Crippen LogP contribution < -0.4 is 10.6 Å². The molecule has 1 heterocycles. The van der Waals surface area contributed by atoms with E-state index in [2.05, 4.69) is 58.9 Å². The molecule has 3 N–H and O–H groups in total. The van der Waals surface area contributed by atoms with Gasteiger partial charge in [-0.3, -0.25) is 4.99 Å². The number of aromatic nitrogens is 1. The number of ether oxygens (including phenoxy) is 1. The van der Waals surface area contributed by atoms with Crippen LogP contribution in [-0.4, -0.2) is 43.8 Å². The summed E-state index contributed by atoms with van der Waals surface area (Å²) in [6.45, 7) is 8.55. The van der Waals surface area contributed by atoms with E-state index in [-0.39, 0.29) is 0 Å². The molecule has 0 aliphatic heterocycles. The Labute approximate surface area is 156 Å². The first-order valence-corrected chi connectivity index (χ1v) is 9.93. The molecule has 142 valence electrons. The number of aryl methyl sites for hydroxylation is 1. The number of aliphatic imine (C=N–C) groups is 1. The molecule has 1 aliphatic rings. The van der Waals surface area contributed by atoms with E-state index in [1.165, 1.54) is 34.9 Å². The molecule has 0 radical (unpaired) electrons. The van der Waals surface area contributed by atoms with Gasteiger partial charge in [-0.1, -0.05) is 12.1 Å². The van der Waals surface area contributed by atoms with Crippen molar-refractivity contribution in [2.45, 2.75) is 39.5 Å². The maximum Gasteiger partial charge on any atom is 0.191 e. The number of hydrogen-bond acceptors (Lipinski definition) is 2. The summed E-state index contributed by atoms with van der Waals surface area (Å²) in [6.07, 6.45) is 6.77. The number of aromatic amines is 1. The molecule has 0 atom stereocenters. The van der Waals surface area contributed by atoms with Crippen molar-refractivity contribution < 1.29 is 4.74 Å². The molecule has 5 nitrogen and oxygen atoms in total. The van der Waals surface area contributed by atoms with Crippen LogP contribution in [0.2, 0.25) is 0 Å². The van der Waals surface area contributed by atoms with Crippen LogP contribution in [0.15, 0.2) is 29.4 Å². The fourth-order valence-electron chi connectivity index (χ4n) is 3.20. The summed E-state index contributed by atoms with van der Waals surface area (Å²) >= 11 is 0. The predicted molar refractivity (Wildman–Crippen MR) is 109 cm³/mol. The van der Waals surface area contributed by atoms with E-state index >= 15 is 0 Å². The van der Waals surface area contributed by atoms with E-state index in [1.54, 1.807) is 0 Å². The summed E-state index contributed by atoms with van der Waals surface area (Å²) in [4.78, 5) is 8.02. The van der Waals surface area contributed by atoms with Gasteiger partial charge in [0.2, 0.25) is 0 Å². The maximum absolute atomic E-state index is 5.67. The molecule has 0 spiro atoms. The van der Waals surface area contributed by atoms with Gasteiger partial charge in [-0.15, -0.1) is 0 Å². The Balaban J connectivity index is 1.42. The van der Waals surface area contributed by atoms with Gasteiger partial charge in [0.15, 0.2) is 5.96 Å². The number of H-pyrrole nitrogens is 1. The Morgan fingerprint density at radius 2 is 2.19 bits per heavy atom. The van der Waals surface area contributed by atoms with Gasteiger partial charge >= 0.3 is 0 Å². The maximum atomic E-state index is 5.67.